The maximum absolute atomic E-state index is 13.9. The van der Waals surface area contributed by atoms with E-state index in [1.54, 1.807) is 14.2 Å². The van der Waals surface area contributed by atoms with Gasteiger partial charge in [-0.05, 0) is 57.2 Å². The van der Waals surface area contributed by atoms with Crippen LogP contribution in [0, 0.1) is 19.8 Å². The van der Waals surface area contributed by atoms with Crippen LogP contribution in [0.25, 0.3) is 0 Å². The zero-order valence-corrected chi connectivity index (χ0v) is 20.5. The molecule has 2 aromatic carbocycles. The van der Waals surface area contributed by atoms with Crippen LogP contribution >= 0.6 is 0 Å². The van der Waals surface area contributed by atoms with E-state index in [0.29, 0.717) is 29.5 Å². The first-order chi connectivity index (χ1) is 16.0. The number of methoxy groups -OCH3 is 2. The lowest BCUT2D eigenvalue weighted by Gasteiger charge is -2.39. The van der Waals surface area contributed by atoms with Crippen molar-refractivity contribution in [1.82, 2.24) is 10.4 Å². The van der Waals surface area contributed by atoms with Gasteiger partial charge in [-0.3, -0.25) is 9.80 Å². The Bertz CT molecular complexity index is 930. The third kappa shape index (κ3) is 6.17. The van der Waals surface area contributed by atoms with E-state index in [1.807, 2.05) is 55.3 Å². The maximum Gasteiger partial charge on any atom is 0.268 e. The van der Waals surface area contributed by atoms with Gasteiger partial charge in [-0.25, -0.2) is 5.43 Å². The molecule has 5 nitrogen and oxygen atoms in total. The van der Waals surface area contributed by atoms with Gasteiger partial charge in [0.25, 0.3) is 5.91 Å². The number of amides is 1. The molecule has 5 heteroatoms. The average molecular weight is 451 g/mol. The van der Waals surface area contributed by atoms with Crippen molar-refractivity contribution in [1.29, 1.82) is 0 Å². The van der Waals surface area contributed by atoms with E-state index in [1.165, 1.54) is 19.3 Å². The predicted molar refractivity (Wildman–Crippen MR) is 134 cm³/mol. The van der Waals surface area contributed by atoms with E-state index in [-0.39, 0.29) is 11.9 Å². The number of hydrogen-bond donors (Lipinski definition) is 1. The normalized spacial score (nSPS) is 15.0. The molecule has 0 aromatic heterocycles. The number of hydrazine groups is 1. The molecule has 0 heterocycles. The summed E-state index contributed by atoms with van der Waals surface area (Å²) in [4.78, 5) is 13.9. The van der Waals surface area contributed by atoms with Gasteiger partial charge in [0.15, 0.2) is 11.5 Å². The van der Waals surface area contributed by atoms with Crippen molar-refractivity contribution in [2.75, 3.05) is 14.2 Å². The van der Waals surface area contributed by atoms with Gasteiger partial charge in [0.05, 0.1) is 20.3 Å². The monoisotopic (exact) mass is 450 g/mol. The van der Waals surface area contributed by atoms with E-state index in [0.717, 1.165) is 36.0 Å². The lowest BCUT2D eigenvalue weighted by molar-refractivity contribution is 0.0385. The molecule has 178 valence electrons. The fourth-order valence-corrected chi connectivity index (χ4v) is 5.04. The molecule has 0 aliphatic heterocycles. The molecule has 1 amide bonds. The van der Waals surface area contributed by atoms with Gasteiger partial charge in [-0.1, -0.05) is 54.7 Å². The zero-order chi connectivity index (χ0) is 23.8. The van der Waals surface area contributed by atoms with Crippen LogP contribution in [0.2, 0.25) is 0 Å². The third-order valence-electron chi connectivity index (χ3n) is 6.55. The molecule has 1 atom stereocenters. The zero-order valence-electron chi connectivity index (χ0n) is 20.5. The fourth-order valence-electron chi connectivity index (χ4n) is 5.04. The molecule has 0 saturated heterocycles. The summed E-state index contributed by atoms with van der Waals surface area (Å²) in [5, 5.41) is 1.87. The second-order valence-corrected chi connectivity index (χ2v) is 9.03. The Balaban J connectivity index is 1.95. The first-order valence-corrected chi connectivity index (χ1v) is 11.9. The predicted octanol–water partition coefficient (Wildman–Crippen LogP) is 5.99. The molecule has 1 saturated carbocycles. The minimum atomic E-state index is 0.00101. The Labute approximate surface area is 198 Å². The quantitative estimate of drug-likeness (QED) is 0.357. The van der Waals surface area contributed by atoms with Gasteiger partial charge >= 0.3 is 0 Å². The fraction of sp³-hybridized carbons (Fsp3) is 0.464. The Kier molecular flexibility index (Phi) is 8.95. The number of para-hydroxylation sites is 1. The van der Waals surface area contributed by atoms with E-state index < -0.39 is 0 Å². The average Bonchev–Trinajstić information content (AvgIpc) is 2.82. The minimum absolute atomic E-state index is 0.00101. The summed E-state index contributed by atoms with van der Waals surface area (Å²) in [6.45, 7) is 8.53. The van der Waals surface area contributed by atoms with Crippen LogP contribution in [-0.4, -0.2) is 31.2 Å². The van der Waals surface area contributed by atoms with Gasteiger partial charge in [0, 0.05) is 17.7 Å². The largest absolute Gasteiger partial charge is 0.493 e. The smallest absolute Gasteiger partial charge is 0.268 e. The number of carbonyl (C=O) groups excluding carboxylic acids is 1. The van der Waals surface area contributed by atoms with Gasteiger partial charge in [-0.2, -0.15) is 0 Å². The molecule has 0 radical (unpaired) electrons. The highest BCUT2D eigenvalue weighted by Gasteiger charge is 2.32. The number of rotatable bonds is 10. The second kappa shape index (κ2) is 11.9. The molecular formula is C28H38N2O3. The molecule has 2 aromatic rings. The van der Waals surface area contributed by atoms with Gasteiger partial charge in [0.2, 0.25) is 0 Å². The van der Waals surface area contributed by atoms with Crippen LogP contribution in [-0.2, 0) is 6.54 Å². The van der Waals surface area contributed by atoms with Crippen molar-refractivity contribution >= 4 is 5.91 Å². The topological polar surface area (TPSA) is 50.8 Å². The number of nitrogens with zero attached hydrogens (tertiary/aromatic N) is 1. The maximum atomic E-state index is 13.9. The summed E-state index contributed by atoms with van der Waals surface area (Å²) in [5.41, 5.74) is 7.31. The molecule has 0 bridgehead atoms. The highest BCUT2D eigenvalue weighted by atomic mass is 16.5. The number of carbonyl (C=O) groups is 1. The molecule has 1 fully saturated rings. The molecule has 1 aliphatic rings. The molecule has 3 rings (SSSR count). The summed E-state index contributed by atoms with van der Waals surface area (Å²) < 4.78 is 11.1. The molecule has 0 unspecified atom stereocenters. The highest BCUT2D eigenvalue weighted by Crippen LogP contribution is 2.33. The number of aryl methyl sites for hydroxylation is 2. The van der Waals surface area contributed by atoms with Crippen molar-refractivity contribution in [2.45, 2.75) is 65.0 Å². The van der Waals surface area contributed by atoms with Crippen LogP contribution in [0.4, 0.5) is 0 Å². The summed E-state index contributed by atoms with van der Waals surface area (Å²) in [7, 11) is 3.27. The van der Waals surface area contributed by atoms with E-state index in [9.17, 15) is 4.79 Å². The van der Waals surface area contributed by atoms with E-state index in [2.05, 4.69) is 18.1 Å². The van der Waals surface area contributed by atoms with Crippen LogP contribution in [0.3, 0.4) is 0 Å². The lowest BCUT2D eigenvalue weighted by Crippen LogP contribution is -2.52. The van der Waals surface area contributed by atoms with Crippen LogP contribution in [0.15, 0.2) is 49.1 Å². The van der Waals surface area contributed by atoms with Crippen LogP contribution < -0.4 is 14.9 Å². The first-order valence-electron chi connectivity index (χ1n) is 11.9. The number of nitrogens with one attached hydrogen (secondary N) is 1. The Morgan fingerprint density at radius 1 is 1.12 bits per heavy atom. The molecule has 0 spiro atoms. The van der Waals surface area contributed by atoms with Crippen molar-refractivity contribution in [3.8, 4) is 11.5 Å². The van der Waals surface area contributed by atoms with Crippen molar-refractivity contribution in [3.63, 3.8) is 0 Å². The lowest BCUT2D eigenvalue weighted by atomic mass is 9.82. The summed E-state index contributed by atoms with van der Waals surface area (Å²) in [6, 6.07) is 11.9. The van der Waals surface area contributed by atoms with Gasteiger partial charge in [0.1, 0.15) is 0 Å². The van der Waals surface area contributed by atoms with Crippen LogP contribution in [0.1, 0.15) is 65.6 Å². The minimum Gasteiger partial charge on any atom is -0.493 e. The summed E-state index contributed by atoms with van der Waals surface area (Å²) in [5.74, 6) is 1.82. The van der Waals surface area contributed by atoms with E-state index >= 15 is 0 Å². The van der Waals surface area contributed by atoms with E-state index in [4.69, 9.17) is 9.47 Å². The van der Waals surface area contributed by atoms with Crippen molar-refractivity contribution in [3.05, 3.63) is 71.3 Å². The van der Waals surface area contributed by atoms with Crippen LogP contribution in [0.5, 0.6) is 11.5 Å². The third-order valence-corrected chi connectivity index (χ3v) is 6.55. The summed E-state index contributed by atoms with van der Waals surface area (Å²) in [6.07, 6.45) is 8.68. The highest BCUT2D eigenvalue weighted by molar-refractivity contribution is 5.94. The summed E-state index contributed by atoms with van der Waals surface area (Å²) >= 11 is 0. The molecular weight excluding hydrogens is 412 g/mol. The van der Waals surface area contributed by atoms with Crippen molar-refractivity contribution in [2.24, 2.45) is 5.92 Å². The Morgan fingerprint density at radius 3 is 2.42 bits per heavy atom. The number of ether oxygens (including phenoxy) is 2. The SMILES string of the molecule is C=CC[C@H](C1CCCCC1)N(NCc1cccc(OC)c1OC)C(=O)c1cc(C)cc(C)c1. The molecule has 1 aliphatic carbocycles. The Hall–Kier alpha value is -2.79. The Morgan fingerprint density at radius 2 is 1.82 bits per heavy atom. The van der Waals surface area contributed by atoms with Crippen molar-refractivity contribution < 1.29 is 14.3 Å². The molecule has 33 heavy (non-hydrogen) atoms. The standard InChI is InChI=1S/C28H38N2O3/c1-6-11-25(22-12-8-7-9-13-22)30(28(31)24-17-20(2)16-21(3)18-24)29-19-23-14-10-15-26(32-4)27(23)33-5/h6,10,14-18,22,25,29H,1,7-9,11-13,19H2,2-5H3/t25-/m1/s1. The first kappa shape index (κ1) is 24.8. The molecule has 1 N–H and O–H groups in total. The number of benzene rings is 2. The second-order valence-electron chi connectivity index (χ2n) is 9.03. The number of hydrogen-bond acceptors (Lipinski definition) is 4. The van der Waals surface area contributed by atoms with Gasteiger partial charge < -0.3 is 9.47 Å². The van der Waals surface area contributed by atoms with Gasteiger partial charge in [-0.15, -0.1) is 6.58 Å².